The predicted molar refractivity (Wildman–Crippen MR) is 83.8 cm³/mol. The van der Waals surface area contributed by atoms with Crippen molar-refractivity contribution in [1.29, 1.82) is 0 Å². The summed E-state index contributed by atoms with van der Waals surface area (Å²) in [5, 5.41) is 14.3. The van der Waals surface area contributed by atoms with E-state index in [1.807, 2.05) is 0 Å². The summed E-state index contributed by atoms with van der Waals surface area (Å²) < 4.78 is 12.7. The van der Waals surface area contributed by atoms with Gasteiger partial charge in [-0.05, 0) is 43.9 Å². The van der Waals surface area contributed by atoms with Crippen molar-refractivity contribution < 1.29 is 9.13 Å². The molecule has 4 unspecified atom stereocenters. The van der Waals surface area contributed by atoms with Crippen LogP contribution in [0.4, 0.5) is 5.69 Å². The average Bonchev–Trinajstić information content (AvgIpc) is 2.85. The van der Waals surface area contributed by atoms with Gasteiger partial charge in [0.1, 0.15) is 0 Å². The summed E-state index contributed by atoms with van der Waals surface area (Å²) >= 11 is 0. The van der Waals surface area contributed by atoms with E-state index in [1.54, 1.807) is 12.1 Å². The van der Waals surface area contributed by atoms with Crippen LogP contribution in [0.2, 0.25) is 0 Å². The third-order valence-corrected chi connectivity index (χ3v) is 6.15. The average molecular weight is 310 g/mol. The van der Waals surface area contributed by atoms with Crippen LogP contribution in [0.5, 0.6) is 0 Å². The summed E-state index contributed by atoms with van der Waals surface area (Å²) in [7, 11) is -1.10. The molecule has 0 spiro atoms. The van der Waals surface area contributed by atoms with Crippen molar-refractivity contribution >= 4 is 16.5 Å². The minimum absolute atomic E-state index is 0.0395. The summed E-state index contributed by atoms with van der Waals surface area (Å²) in [6, 6.07) is 6.53. The Morgan fingerprint density at radius 3 is 2.57 bits per heavy atom. The molecule has 0 heterocycles. The molecule has 1 N–H and O–H groups in total. The molecule has 1 aliphatic carbocycles. The summed E-state index contributed by atoms with van der Waals surface area (Å²) in [6.07, 6.45) is 3.08. The minimum Gasteiger partial charge on any atom is -0.314 e. The van der Waals surface area contributed by atoms with E-state index in [0.29, 0.717) is 16.9 Å². The van der Waals surface area contributed by atoms with Crippen LogP contribution in [0.25, 0.3) is 0 Å². The molecule has 2 rings (SSSR count). The van der Waals surface area contributed by atoms with Crippen molar-refractivity contribution in [3.05, 3.63) is 34.4 Å². The fourth-order valence-electron chi connectivity index (χ4n) is 2.93. The van der Waals surface area contributed by atoms with Crippen LogP contribution >= 0.6 is 0 Å². The Balaban J connectivity index is 2.04. The van der Waals surface area contributed by atoms with E-state index >= 15 is 0 Å². The van der Waals surface area contributed by atoms with Gasteiger partial charge in [-0.25, -0.2) is 0 Å². The molecule has 5 nitrogen and oxygen atoms in total. The lowest BCUT2D eigenvalue weighted by atomic mass is 10.1. The first-order valence-electron chi connectivity index (χ1n) is 7.43. The molecular formula is C15H22N2O3S. The quantitative estimate of drug-likeness (QED) is 0.648. The Morgan fingerprint density at radius 2 is 2.00 bits per heavy atom. The first-order chi connectivity index (χ1) is 10.0. The van der Waals surface area contributed by atoms with Crippen LogP contribution in [0.15, 0.2) is 29.2 Å². The topological polar surface area (TPSA) is 72.2 Å². The van der Waals surface area contributed by atoms with E-state index in [1.165, 1.54) is 12.1 Å². The first-order valence-corrected chi connectivity index (χ1v) is 8.64. The second-order valence-corrected chi connectivity index (χ2v) is 7.26. The number of hydrogen-bond acceptors (Lipinski definition) is 4. The molecule has 1 fully saturated rings. The molecule has 0 amide bonds. The molecule has 21 heavy (non-hydrogen) atoms. The van der Waals surface area contributed by atoms with Crippen LogP contribution in [0.3, 0.4) is 0 Å². The molecule has 6 heteroatoms. The number of nitrogens with zero attached hydrogens (tertiary/aromatic N) is 1. The second kappa shape index (κ2) is 7.13. The van der Waals surface area contributed by atoms with Gasteiger partial charge in [-0.15, -0.1) is 0 Å². The van der Waals surface area contributed by atoms with Gasteiger partial charge in [0.2, 0.25) is 0 Å². The molecular weight excluding hydrogens is 288 g/mol. The smallest absolute Gasteiger partial charge is 0.269 e. The number of nitro benzene ring substituents is 1. The van der Waals surface area contributed by atoms with Gasteiger partial charge < -0.3 is 5.32 Å². The molecule has 0 saturated heterocycles. The Hall–Kier alpha value is -1.27. The lowest BCUT2D eigenvalue weighted by Crippen LogP contribution is -2.35. The van der Waals surface area contributed by atoms with Crippen LogP contribution in [0, 0.1) is 16.0 Å². The monoisotopic (exact) mass is 310 g/mol. The van der Waals surface area contributed by atoms with Crippen LogP contribution in [-0.4, -0.2) is 27.0 Å². The van der Waals surface area contributed by atoms with E-state index in [4.69, 9.17) is 0 Å². The number of rotatable bonds is 6. The van der Waals surface area contributed by atoms with Crippen LogP contribution in [0.1, 0.15) is 33.1 Å². The van der Waals surface area contributed by atoms with Gasteiger partial charge in [0.05, 0.1) is 15.7 Å². The molecule has 1 aromatic rings. The Bertz CT molecular complexity index is 518. The summed E-state index contributed by atoms with van der Waals surface area (Å²) in [5.41, 5.74) is 0.0395. The SMILES string of the molecule is CCCNC1CCC(S(=O)c2ccc([N+](=O)[O-])cc2)C1C. The van der Waals surface area contributed by atoms with E-state index in [-0.39, 0.29) is 10.9 Å². The molecule has 1 saturated carbocycles. The van der Waals surface area contributed by atoms with Gasteiger partial charge in [0, 0.05) is 28.3 Å². The summed E-state index contributed by atoms with van der Waals surface area (Å²) in [6.45, 7) is 5.28. The zero-order valence-corrected chi connectivity index (χ0v) is 13.3. The maximum absolute atomic E-state index is 12.7. The van der Waals surface area contributed by atoms with Crippen molar-refractivity contribution in [1.82, 2.24) is 5.32 Å². The van der Waals surface area contributed by atoms with Crippen molar-refractivity contribution in [3.8, 4) is 0 Å². The van der Waals surface area contributed by atoms with E-state index in [2.05, 4.69) is 19.2 Å². The molecule has 4 atom stereocenters. The molecule has 0 bridgehead atoms. The zero-order valence-electron chi connectivity index (χ0n) is 12.5. The normalized spacial score (nSPS) is 26.7. The van der Waals surface area contributed by atoms with Crippen molar-refractivity contribution in [2.24, 2.45) is 5.92 Å². The highest BCUT2D eigenvalue weighted by Crippen LogP contribution is 2.32. The minimum atomic E-state index is -1.10. The number of benzene rings is 1. The van der Waals surface area contributed by atoms with E-state index < -0.39 is 15.7 Å². The van der Waals surface area contributed by atoms with Gasteiger partial charge in [0.25, 0.3) is 5.69 Å². The summed E-state index contributed by atoms with van der Waals surface area (Å²) in [4.78, 5) is 10.9. The maximum Gasteiger partial charge on any atom is 0.269 e. The molecule has 1 aliphatic rings. The Labute approximate surface area is 127 Å². The fraction of sp³-hybridized carbons (Fsp3) is 0.600. The van der Waals surface area contributed by atoms with Crippen molar-refractivity contribution in [3.63, 3.8) is 0 Å². The lowest BCUT2D eigenvalue weighted by Gasteiger charge is -2.21. The van der Waals surface area contributed by atoms with E-state index in [9.17, 15) is 14.3 Å². The first kappa shape index (κ1) is 16.1. The number of nitro groups is 1. The third-order valence-electron chi connectivity index (χ3n) is 4.19. The molecule has 0 aromatic heterocycles. The maximum atomic E-state index is 12.7. The molecule has 0 radical (unpaired) electrons. The highest BCUT2D eigenvalue weighted by molar-refractivity contribution is 7.85. The molecule has 1 aromatic carbocycles. The number of hydrogen-bond donors (Lipinski definition) is 1. The highest BCUT2D eigenvalue weighted by Gasteiger charge is 2.36. The van der Waals surface area contributed by atoms with Gasteiger partial charge >= 0.3 is 0 Å². The Morgan fingerprint density at radius 1 is 1.33 bits per heavy atom. The Kier molecular flexibility index (Phi) is 5.47. The van der Waals surface area contributed by atoms with Gasteiger partial charge in [-0.2, -0.15) is 0 Å². The van der Waals surface area contributed by atoms with Crippen LogP contribution in [-0.2, 0) is 10.8 Å². The highest BCUT2D eigenvalue weighted by atomic mass is 32.2. The fourth-order valence-corrected chi connectivity index (χ4v) is 4.61. The van der Waals surface area contributed by atoms with Crippen molar-refractivity contribution in [2.75, 3.05) is 6.54 Å². The van der Waals surface area contributed by atoms with E-state index in [0.717, 1.165) is 25.8 Å². The molecule has 0 aliphatic heterocycles. The zero-order chi connectivity index (χ0) is 15.4. The number of nitrogens with one attached hydrogen (secondary N) is 1. The largest absolute Gasteiger partial charge is 0.314 e. The van der Waals surface area contributed by atoms with Gasteiger partial charge in [0.15, 0.2) is 0 Å². The van der Waals surface area contributed by atoms with Crippen molar-refractivity contribution in [2.45, 2.75) is 49.3 Å². The standard InChI is InChI=1S/C15H22N2O3S/c1-3-10-16-14-8-9-15(11(14)2)21(20)13-6-4-12(5-7-13)17(18)19/h4-7,11,14-16H,3,8-10H2,1-2H3. The van der Waals surface area contributed by atoms with Gasteiger partial charge in [-0.1, -0.05) is 13.8 Å². The van der Waals surface area contributed by atoms with Crippen LogP contribution < -0.4 is 5.32 Å². The lowest BCUT2D eigenvalue weighted by molar-refractivity contribution is -0.384. The second-order valence-electron chi connectivity index (χ2n) is 5.58. The third kappa shape index (κ3) is 3.68. The van der Waals surface area contributed by atoms with Gasteiger partial charge in [-0.3, -0.25) is 14.3 Å². The number of non-ortho nitro benzene ring substituents is 1. The predicted octanol–water partition coefficient (Wildman–Crippen LogP) is 2.87. The molecule has 116 valence electrons. The summed E-state index contributed by atoms with van der Waals surface area (Å²) in [5.74, 6) is 0.354.